The fourth-order valence-corrected chi connectivity index (χ4v) is 1.58. The van der Waals surface area contributed by atoms with Crippen LogP contribution in [-0.2, 0) is 13.0 Å². The van der Waals surface area contributed by atoms with Crippen LogP contribution in [0.15, 0.2) is 36.5 Å². The quantitative estimate of drug-likeness (QED) is 0.785. The Morgan fingerprint density at radius 1 is 1.19 bits per heavy atom. The van der Waals surface area contributed by atoms with Gasteiger partial charge in [0.1, 0.15) is 0 Å². The van der Waals surface area contributed by atoms with Crippen molar-refractivity contribution < 1.29 is 0 Å². The van der Waals surface area contributed by atoms with E-state index in [1.54, 1.807) is 0 Å². The van der Waals surface area contributed by atoms with E-state index >= 15 is 0 Å². The van der Waals surface area contributed by atoms with E-state index in [4.69, 9.17) is 0 Å². The predicted molar refractivity (Wildman–Crippen MR) is 64.3 cm³/mol. The SMILES string of the molecule is CC(C)c1cn(CCc2ccccc2)nn1. The maximum Gasteiger partial charge on any atom is 0.0852 e. The first-order valence-electron chi connectivity index (χ1n) is 5.69. The molecule has 0 saturated heterocycles. The Hall–Kier alpha value is -1.64. The highest BCUT2D eigenvalue weighted by Gasteiger charge is 2.04. The van der Waals surface area contributed by atoms with Crippen LogP contribution in [0.2, 0.25) is 0 Å². The first kappa shape index (κ1) is 10.9. The number of hydrogen-bond acceptors (Lipinski definition) is 2. The van der Waals surface area contributed by atoms with Crippen molar-refractivity contribution in [3.8, 4) is 0 Å². The van der Waals surface area contributed by atoms with E-state index in [2.05, 4.69) is 48.4 Å². The number of aryl methyl sites for hydroxylation is 2. The normalized spacial score (nSPS) is 10.9. The summed E-state index contributed by atoms with van der Waals surface area (Å²) in [5.41, 5.74) is 2.40. The summed E-state index contributed by atoms with van der Waals surface area (Å²) in [6, 6.07) is 10.4. The van der Waals surface area contributed by atoms with Crippen molar-refractivity contribution in [1.82, 2.24) is 15.0 Å². The van der Waals surface area contributed by atoms with Gasteiger partial charge in [-0.15, -0.1) is 5.10 Å². The Morgan fingerprint density at radius 2 is 1.94 bits per heavy atom. The third-order valence-corrected chi connectivity index (χ3v) is 2.62. The molecule has 2 rings (SSSR count). The van der Waals surface area contributed by atoms with Crippen molar-refractivity contribution in [3.63, 3.8) is 0 Å². The van der Waals surface area contributed by atoms with Crippen LogP contribution in [0.25, 0.3) is 0 Å². The summed E-state index contributed by atoms with van der Waals surface area (Å²) in [5, 5.41) is 8.26. The molecule has 84 valence electrons. The van der Waals surface area contributed by atoms with Crippen molar-refractivity contribution >= 4 is 0 Å². The molecule has 1 aromatic carbocycles. The van der Waals surface area contributed by atoms with Gasteiger partial charge in [0.15, 0.2) is 0 Å². The highest BCUT2D eigenvalue weighted by Crippen LogP contribution is 2.09. The van der Waals surface area contributed by atoms with Crippen molar-refractivity contribution in [3.05, 3.63) is 47.8 Å². The zero-order valence-electron chi connectivity index (χ0n) is 9.80. The van der Waals surface area contributed by atoms with E-state index in [0.717, 1.165) is 18.7 Å². The van der Waals surface area contributed by atoms with Gasteiger partial charge in [-0.1, -0.05) is 49.4 Å². The van der Waals surface area contributed by atoms with Gasteiger partial charge in [-0.05, 0) is 17.9 Å². The first-order valence-corrected chi connectivity index (χ1v) is 5.69. The fourth-order valence-electron chi connectivity index (χ4n) is 1.58. The van der Waals surface area contributed by atoms with Gasteiger partial charge in [-0.2, -0.15) is 0 Å². The lowest BCUT2D eigenvalue weighted by molar-refractivity contribution is 0.589. The highest BCUT2D eigenvalue weighted by atomic mass is 15.4. The van der Waals surface area contributed by atoms with E-state index in [1.165, 1.54) is 5.56 Å². The molecule has 2 aromatic rings. The number of benzene rings is 1. The Balaban J connectivity index is 1.95. The third-order valence-electron chi connectivity index (χ3n) is 2.62. The summed E-state index contributed by atoms with van der Waals surface area (Å²) in [6.07, 6.45) is 3.04. The minimum atomic E-state index is 0.450. The molecule has 0 fully saturated rings. The first-order chi connectivity index (χ1) is 7.75. The van der Waals surface area contributed by atoms with Crippen molar-refractivity contribution in [2.45, 2.75) is 32.7 Å². The molecular weight excluding hydrogens is 198 g/mol. The Bertz CT molecular complexity index is 431. The molecule has 0 bridgehead atoms. The van der Waals surface area contributed by atoms with Crippen LogP contribution in [0.1, 0.15) is 31.0 Å². The maximum atomic E-state index is 4.14. The monoisotopic (exact) mass is 215 g/mol. The second-order valence-corrected chi connectivity index (χ2v) is 4.30. The molecule has 0 atom stereocenters. The second-order valence-electron chi connectivity index (χ2n) is 4.30. The summed E-state index contributed by atoms with van der Waals surface area (Å²) in [5.74, 6) is 0.450. The Morgan fingerprint density at radius 3 is 2.56 bits per heavy atom. The molecule has 0 aliphatic carbocycles. The van der Waals surface area contributed by atoms with Crippen LogP contribution in [0.4, 0.5) is 0 Å². The van der Waals surface area contributed by atoms with Gasteiger partial charge in [-0.3, -0.25) is 4.68 Å². The summed E-state index contributed by atoms with van der Waals surface area (Å²) in [6.45, 7) is 5.15. The minimum Gasteiger partial charge on any atom is -0.252 e. The molecule has 0 N–H and O–H groups in total. The van der Waals surface area contributed by atoms with Gasteiger partial charge in [-0.25, -0.2) is 0 Å². The molecule has 1 heterocycles. The van der Waals surface area contributed by atoms with Gasteiger partial charge in [0.05, 0.1) is 5.69 Å². The minimum absolute atomic E-state index is 0.450. The van der Waals surface area contributed by atoms with E-state index in [9.17, 15) is 0 Å². The van der Waals surface area contributed by atoms with Crippen LogP contribution < -0.4 is 0 Å². The zero-order valence-corrected chi connectivity index (χ0v) is 9.80. The van der Waals surface area contributed by atoms with Crippen LogP contribution in [0.3, 0.4) is 0 Å². The van der Waals surface area contributed by atoms with E-state index in [0.29, 0.717) is 5.92 Å². The van der Waals surface area contributed by atoms with Crippen molar-refractivity contribution in [2.24, 2.45) is 0 Å². The van der Waals surface area contributed by atoms with Crippen LogP contribution in [-0.4, -0.2) is 15.0 Å². The van der Waals surface area contributed by atoms with E-state index < -0.39 is 0 Å². The van der Waals surface area contributed by atoms with Crippen LogP contribution in [0, 0.1) is 0 Å². The molecule has 0 unspecified atom stereocenters. The standard InChI is InChI=1S/C13H17N3/c1-11(2)13-10-16(15-14-13)9-8-12-6-4-3-5-7-12/h3-7,10-11H,8-9H2,1-2H3. The average molecular weight is 215 g/mol. The lowest BCUT2D eigenvalue weighted by atomic mass is 10.1. The molecule has 0 aliphatic rings. The summed E-state index contributed by atoms with van der Waals surface area (Å²) in [7, 11) is 0. The largest absolute Gasteiger partial charge is 0.252 e. The molecule has 0 radical (unpaired) electrons. The van der Waals surface area contributed by atoms with Crippen LogP contribution >= 0.6 is 0 Å². The smallest absolute Gasteiger partial charge is 0.0852 e. The number of hydrogen-bond donors (Lipinski definition) is 0. The Labute approximate surface area is 96.1 Å². The molecule has 3 heteroatoms. The molecular formula is C13H17N3. The highest BCUT2D eigenvalue weighted by molar-refractivity contribution is 5.14. The molecule has 0 spiro atoms. The summed E-state index contributed by atoms with van der Waals surface area (Å²) >= 11 is 0. The van der Waals surface area contributed by atoms with Gasteiger partial charge in [0.25, 0.3) is 0 Å². The molecule has 0 aliphatic heterocycles. The lowest BCUT2D eigenvalue weighted by Gasteiger charge is -2.00. The average Bonchev–Trinajstić information content (AvgIpc) is 2.76. The summed E-state index contributed by atoms with van der Waals surface area (Å²) < 4.78 is 1.92. The predicted octanol–water partition coefficient (Wildman–Crippen LogP) is 2.64. The number of rotatable bonds is 4. The number of nitrogens with zero attached hydrogens (tertiary/aromatic N) is 3. The topological polar surface area (TPSA) is 30.7 Å². The van der Waals surface area contributed by atoms with Crippen molar-refractivity contribution in [1.29, 1.82) is 0 Å². The van der Waals surface area contributed by atoms with Gasteiger partial charge >= 0.3 is 0 Å². The molecule has 0 amide bonds. The van der Waals surface area contributed by atoms with Crippen molar-refractivity contribution in [2.75, 3.05) is 0 Å². The van der Waals surface area contributed by atoms with Gasteiger partial charge < -0.3 is 0 Å². The van der Waals surface area contributed by atoms with E-state index in [1.807, 2.05) is 16.9 Å². The zero-order chi connectivity index (χ0) is 11.4. The molecule has 16 heavy (non-hydrogen) atoms. The fraction of sp³-hybridized carbons (Fsp3) is 0.385. The molecule has 3 nitrogen and oxygen atoms in total. The van der Waals surface area contributed by atoms with E-state index in [-0.39, 0.29) is 0 Å². The van der Waals surface area contributed by atoms with Crippen LogP contribution in [0.5, 0.6) is 0 Å². The number of aromatic nitrogens is 3. The third kappa shape index (κ3) is 2.69. The summed E-state index contributed by atoms with van der Waals surface area (Å²) in [4.78, 5) is 0. The molecule has 0 saturated carbocycles. The molecule has 1 aromatic heterocycles. The Kier molecular flexibility index (Phi) is 3.34. The second kappa shape index (κ2) is 4.92. The maximum absolute atomic E-state index is 4.14. The van der Waals surface area contributed by atoms with Gasteiger partial charge in [0.2, 0.25) is 0 Å². The van der Waals surface area contributed by atoms with Gasteiger partial charge in [0, 0.05) is 12.7 Å². The lowest BCUT2D eigenvalue weighted by Crippen LogP contribution is -2.01.